The maximum atomic E-state index is 6.03. The Bertz CT molecular complexity index is 1250. The molecule has 34 heavy (non-hydrogen) atoms. The Balaban J connectivity index is 1.38. The lowest BCUT2D eigenvalue weighted by Gasteiger charge is -2.15. The lowest BCUT2D eigenvalue weighted by atomic mass is 10.1. The first kappa shape index (κ1) is 24.2. The SMILES string of the molecule is Cc1cc(COc2ccc3c(Nc4ccc(Cl)nc4)nccc3c2)nn1COCC[Si](C)(C)C. The van der Waals surface area contributed by atoms with Crippen LogP contribution in [-0.4, -0.2) is 34.4 Å². The number of aryl methyl sites for hydroxylation is 1. The fourth-order valence-corrected chi connectivity index (χ4v) is 4.27. The van der Waals surface area contributed by atoms with Gasteiger partial charge >= 0.3 is 0 Å². The Hall–Kier alpha value is -2.94. The normalized spacial score (nSPS) is 11.7. The number of halogens is 1. The number of fused-ring (bicyclic) bond motifs is 1. The first-order valence-corrected chi connectivity index (χ1v) is 15.4. The maximum Gasteiger partial charge on any atom is 0.139 e. The fourth-order valence-electron chi connectivity index (χ4n) is 3.40. The van der Waals surface area contributed by atoms with Gasteiger partial charge in [-0.15, -0.1) is 0 Å². The molecule has 0 aliphatic rings. The van der Waals surface area contributed by atoms with E-state index in [9.17, 15) is 0 Å². The Morgan fingerprint density at radius 1 is 1.06 bits per heavy atom. The van der Waals surface area contributed by atoms with E-state index in [1.54, 1.807) is 18.5 Å². The van der Waals surface area contributed by atoms with Crippen molar-refractivity contribution in [1.82, 2.24) is 19.7 Å². The molecule has 0 atom stereocenters. The minimum absolute atomic E-state index is 0.390. The molecule has 0 aliphatic heterocycles. The van der Waals surface area contributed by atoms with Crippen LogP contribution in [0.25, 0.3) is 10.8 Å². The monoisotopic (exact) mass is 495 g/mol. The first-order valence-electron chi connectivity index (χ1n) is 11.3. The zero-order valence-electron chi connectivity index (χ0n) is 20.0. The van der Waals surface area contributed by atoms with E-state index < -0.39 is 8.07 Å². The van der Waals surface area contributed by atoms with Gasteiger partial charge in [0.1, 0.15) is 35.8 Å². The van der Waals surface area contributed by atoms with Gasteiger partial charge < -0.3 is 14.8 Å². The summed E-state index contributed by atoms with van der Waals surface area (Å²) < 4.78 is 13.8. The van der Waals surface area contributed by atoms with Crippen molar-refractivity contribution in [3.8, 4) is 5.75 Å². The fraction of sp³-hybridized carbons (Fsp3) is 0.320. The second-order valence-electron chi connectivity index (χ2n) is 9.45. The molecular formula is C25H30ClN5O2Si. The predicted molar refractivity (Wildman–Crippen MR) is 140 cm³/mol. The summed E-state index contributed by atoms with van der Waals surface area (Å²) in [6.45, 7) is 10.7. The summed E-state index contributed by atoms with van der Waals surface area (Å²) >= 11 is 5.88. The van der Waals surface area contributed by atoms with Crippen molar-refractivity contribution in [3.05, 3.63) is 71.4 Å². The number of ether oxygens (including phenoxy) is 2. The lowest BCUT2D eigenvalue weighted by molar-refractivity contribution is 0.0765. The standard InChI is InChI=1S/C25H30ClN5O2Si/c1-18-13-21(30-31(18)17-32-11-12-34(2,3)4)16-33-22-6-7-23-19(14-22)9-10-27-25(23)29-20-5-8-24(26)28-15-20/h5-10,13-15H,11-12,16-17H2,1-4H3,(H,27,29). The highest BCUT2D eigenvalue weighted by Crippen LogP contribution is 2.28. The second-order valence-corrected chi connectivity index (χ2v) is 15.5. The van der Waals surface area contributed by atoms with E-state index >= 15 is 0 Å². The van der Waals surface area contributed by atoms with Crippen LogP contribution in [0.1, 0.15) is 11.4 Å². The number of nitrogens with one attached hydrogen (secondary N) is 1. The Kier molecular flexibility index (Phi) is 7.50. The van der Waals surface area contributed by atoms with E-state index in [1.165, 1.54) is 0 Å². The van der Waals surface area contributed by atoms with Crippen molar-refractivity contribution < 1.29 is 9.47 Å². The molecule has 9 heteroatoms. The highest BCUT2D eigenvalue weighted by Gasteiger charge is 2.13. The van der Waals surface area contributed by atoms with Crippen LogP contribution < -0.4 is 10.1 Å². The van der Waals surface area contributed by atoms with Gasteiger partial charge in [0.2, 0.25) is 0 Å². The molecule has 7 nitrogen and oxygen atoms in total. The van der Waals surface area contributed by atoms with Crippen molar-refractivity contribution in [3.63, 3.8) is 0 Å². The number of anilines is 2. The average Bonchev–Trinajstić information content (AvgIpc) is 3.15. The molecule has 4 aromatic rings. The van der Waals surface area contributed by atoms with Gasteiger partial charge in [-0.1, -0.05) is 31.2 Å². The summed E-state index contributed by atoms with van der Waals surface area (Å²) in [4.78, 5) is 8.57. The van der Waals surface area contributed by atoms with E-state index in [0.717, 1.165) is 52.1 Å². The molecular weight excluding hydrogens is 466 g/mol. The molecule has 0 saturated heterocycles. The summed E-state index contributed by atoms with van der Waals surface area (Å²) in [6, 6.07) is 14.7. The van der Waals surface area contributed by atoms with Crippen LogP contribution in [0.15, 0.2) is 54.9 Å². The van der Waals surface area contributed by atoms with E-state index in [2.05, 4.69) is 40.0 Å². The van der Waals surface area contributed by atoms with Crippen molar-refractivity contribution in [2.75, 3.05) is 11.9 Å². The number of benzene rings is 1. The van der Waals surface area contributed by atoms with Gasteiger partial charge in [-0.25, -0.2) is 14.6 Å². The quantitative estimate of drug-likeness (QED) is 0.155. The molecule has 0 unspecified atom stereocenters. The topological polar surface area (TPSA) is 74.1 Å². The zero-order chi connectivity index (χ0) is 24.1. The van der Waals surface area contributed by atoms with Crippen LogP contribution in [0.2, 0.25) is 30.8 Å². The number of nitrogens with zero attached hydrogens (tertiary/aromatic N) is 4. The van der Waals surface area contributed by atoms with Gasteiger partial charge in [0.05, 0.1) is 11.9 Å². The molecule has 178 valence electrons. The Labute approximate surface area is 206 Å². The lowest BCUT2D eigenvalue weighted by Crippen LogP contribution is -2.22. The number of rotatable bonds is 10. The van der Waals surface area contributed by atoms with Crippen molar-refractivity contribution in [2.24, 2.45) is 0 Å². The summed E-state index contributed by atoms with van der Waals surface area (Å²) in [6.07, 6.45) is 3.45. The maximum absolute atomic E-state index is 6.03. The molecule has 0 fully saturated rings. The van der Waals surface area contributed by atoms with E-state index in [0.29, 0.717) is 18.5 Å². The van der Waals surface area contributed by atoms with Crippen LogP contribution in [0.4, 0.5) is 11.5 Å². The highest BCUT2D eigenvalue weighted by molar-refractivity contribution is 6.76. The minimum atomic E-state index is -1.09. The second kappa shape index (κ2) is 10.5. The van der Waals surface area contributed by atoms with Gasteiger partial charge in [0.15, 0.2) is 0 Å². The number of hydrogen-bond acceptors (Lipinski definition) is 6. The van der Waals surface area contributed by atoms with Crippen LogP contribution in [0, 0.1) is 6.92 Å². The number of hydrogen-bond donors (Lipinski definition) is 1. The summed E-state index contributed by atoms with van der Waals surface area (Å²) in [7, 11) is -1.09. The van der Waals surface area contributed by atoms with Crippen molar-refractivity contribution >= 4 is 42.0 Å². The van der Waals surface area contributed by atoms with Crippen LogP contribution in [-0.2, 0) is 18.1 Å². The van der Waals surface area contributed by atoms with E-state index in [1.807, 2.05) is 48.0 Å². The first-order chi connectivity index (χ1) is 16.3. The summed E-state index contributed by atoms with van der Waals surface area (Å²) in [5.41, 5.74) is 2.75. The number of aromatic nitrogens is 4. The summed E-state index contributed by atoms with van der Waals surface area (Å²) in [5, 5.41) is 10.4. The molecule has 4 rings (SSSR count). The van der Waals surface area contributed by atoms with Gasteiger partial charge in [0.25, 0.3) is 0 Å². The molecule has 1 aromatic carbocycles. The largest absolute Gasteiger partial charge is 0.487 e. The zero-order valence-corrected chi connectivity index (χ0v) is 21.8. The van der Waals surface area contributed by atoms with Crippen LogP contribution in [0.5, 0.6) is 5.75 Å². The van der Waals surface area contributed by atoms with Gasteiger partial charge in [-0.05, 0) is 60.8 Å². The third kappa shape index (κ3) is 6.56. The van der Waals surface area contributed by atoms with E-state index in [-0.39, 0.29) is 0 Å². The molecule has 0 saturated carbocycles. The predicted octanol–water partition coefficient (Wildman–Crippen LogP) is 6.42. The Morgan fingerprint density at radius 2 is 1.91 bits per heavy atom. The molecule has 1 N–H and O–H groups in total. The third-order valence-corrected chi connectivity index (χ3v) is 7.28. The van der Waals surface area contributed by atoms with Crippen molar-refractivity contribution in [2.45, 2.75) is 45.9 Å². The number of pyridine rings is 2. The molecule has 0 spiro atoms. The Morgan fingerprint density at radius 3 is 2.68 bits per heavy atom. The molecule has 0 amide bonds. The highest BCUT2D eigenvalue weighted by atomic mass is 35.5. The smallest absolute Gasteiger partial charge is 0.139 e. The third-order valence-electron chi connectivity index (χ3n) is 5.35. The molecule has 0 aliphatic carbocycles. The van der Waals surface area contributed by atoms with Crippen LogP contribution in [0.3, 0.4) is 0 Å². The molecule has 3 aromatic heterocycles. The van der Waals surface area contributed by atoms with E-state index in [4.69, 9.17) is 21.1 Å². The minimum Gasteiger partial charge on any atom is -0.487 e. The molecule has 3 heterocycles. The molecule has 0 bridgehead atoms. The van der Waals surface area contributed by atoms with Gasteiger partial charge in [-0.3, -0.25) is 0 Å². The van der Waals surface area contributed by atoms with Crippen molar-refractivity contribution in [1.29, 1.82) is 0 Å². The molecule has 0 radical (unpaired) electrons. The van der Waals surface area contributed by atoms with Crippen LogP contribution >= 0.6 is 11.6 Å². The van der Waals surface area contributed by atoms with Gasteiger partial charge in [-0.2, -0.15) is 5.10 Å². The average molecular weight is 496 g/mol. The van der Waals surface area contributed by atoms with Gasteiger partial charge in [0, 0.05) is 32.0 Å². The summed E-state index contributed by atoms with van der Waals surface area (Å²) in [5.74, 6) is 1.52.